The van der Waals surface area contributed by atoms with Gasteiger partial charge in [0.15, 0.2) is 16.6 Å². The lowest BCUT2D eigenvalue weighted by molar-refractivity contribution is -0.124. The highest BCUT2D eigenvalue weighted by molar-refractivity contribution is 6.74. The van der Waals surface area contributed by atoms with Crippen molar-refractivity contribution in [2.75, 3.05) is 6.61 Å². The van der Waals surface area contributed by atoms with Gasteiger partial charge in [0.1, 0.15) is 5.78 Å². The van der Waals surface area contributed by atoms with Gasteiger partial charge in [-0.2, -0.15) is 0 Å². The highest BCUT2D eigenvalue weighted by Gasteiger charge is 2.41. The Kier molecular flexibility index (Phi) is 10.3. The predicted molar refractivity (Wildman–Crippen MR) is 133 cm³/mol. The number of hydrogen-bond acceptors (Lipinski definition) is 3. The molecule has 29 heavy (non-hydrogen) atoms. The quantitative estimate of drug-likeness (QED) is 0.258. The molecule has 0 saturated heterocycles. The molecule has 0 spiro atoms. The molecule has 0 radical (unpaired) electrons. The lowest BCUT2D eigenvalue weighted by Crippen LogP contribution is -2.47. The van der Waals surface area contributed by atoms with Crippen molar-refractivity contribution in [3.8, 4) is 0 Å². The van der Waals surface area contributed by atoms with Crippen LogP contribution in [0.3, 0.4) is 0 Å². The van der Waals surface area contributed by atoms with E-state index in [1.165, 1.54) is 0 Å². The second kappa shape index (κ2) is 10.4. The minimum atomic E-state index is -1.99. The van der Waals surface area contributed by atoms with Crippen LogP contribution >= 0.6 is 0 Å². The molecular formula is C24H50O3Si2. The van der Waals surface area contributed by atoms with Crippen LogP contribution in [-0.4, -0.2) is 35.1 Å². The summed E-state index contributed by atoms with van der Waals surface area (Å²) >= 11 is 0. The first-order valence-electron chi connectivity index (χ1n) is 11.3. The Balaban J connectivity index is 5.58. The van der Waals surface area contributed by atoms with Crippen LogP contribution in [0.1, 0.15) is 75.7 Å². The van der Waals surface area contributed by atoms with Gasteiger partial charge in [0, 0.05) is 18.9 Å². The van der Waals surface area contributed by atoms with E-state index in [-0.39, 0.29) is 27.9 Å². The topological polar surface area (TPSA) is 35.5 Å². The fourth-order valence-electron chi connectivity index (χ4n) is 2.72. The summed E-state index contributed by atoms with van der Waals surface area (Å²) in [5.41, 5.74) is 1.16. The maximum absolute atomic E-state index is 12.5. The van der Waals surface area contributed by atoms with Crippen molar-refractivity contribution >= 4 is 22.4 Å². The largest absolute Gasteiger partial charge is 0.416 e. The Bertz CT molecular complexity index is 566. The summed E-state index contributed by atoms with van der Waals surface area (Å²) in [4.78, 5) is 12.5. The maximum Gasteiger partial charge on any atom is 0.192 e. The summed E-state index contributed by atoms with van der Waals surface area (Å²) in [5.74, 6) is 0.434. The van der Waals surface area contributed by atoms with Crippen LogP contribution in [0, 0.1) is 11.8 Å². The molecule has 172 valence electrons. The van der Waals surface area contributed by atoms with E-state index >= 15 is 0 Å². The first-order valence-corrected chi connectivity index (χ1v) is 17.1. The molecule has 3 nitrogen and oxygen atoms in total. The average Bonchev–Trinajstić information content (AvgIpc) is 2.54. The van der Waals surface area contributed by atoms with Gasteiger partial charge < -0.3 is 8.85 Å². The van der Waals surface area contributed by atoms with Crippen molar-refractivity contribution in [3.63, 3.8) is 0 Å². The Labute approximate surface area is 184 Å². The summed E-state index contributed by atoms with van der Waals surface area (Å²) in [6.07, 6.45) is 2.67. The minimum Gasteiger partial charge on any atom is -0.416 e. The van der Waals surface area contributed by atoms with Gasteiger partial charge in [0.05, 0.1) is 6.10 Å². The number of carbonyl (C=O) groups is 1. The Morgan fingerprint density at radius 3 is 1.76 bits per heavy atom. The Morgan fingerprint density at radius 2 is 1.38 bits per heavy atom. The molecule has 0 rings (SSSR count). The third-order valence-electron chi connectivity index (χ3n) is 7.05. The molecule has 0 aliphatic carbocycles. The third-order valence-corrected chi connectivity index (χ3v) is 16.0. The number of rotatable bonds is 10. The second-order valence-corrected chi connectivity index (χ2v) is 21.4. The van der Waals surface area contributed by atoms with Crippen LogP contribution in [0.25, 0.3) is 0 Å². The van der Waals surface area contributed by atoms with Gasteiger partial charge in [0.25, 0.3) is 0 Å². The van der Waals surface area contributed by atoms with Crippen molar-refractivity contribution in [2.45, 2.75) is 118 Å². The van der Waals surface area contributed by atoms with Crippen molar-refractivity contribution in [1.82, 2.24) is 0 Å². The van der Waals surface area contributed by atoms with E-state index in [0.717, 1.165) is 12.2 Å². The molecular weight excluding hydrogens is 392 g/mol. The smallest absolute Gasteiger partial charge is 0.192 e. The van der Waals surface area contributed by atoms with Gasteiger partial charge in [-0.1, -0.05) is 68.4 Å². The third kappa shape index (κ3) is 8.43. The summed E-state index contributed by atoms with van der Waals surface area (Å²) in [7, 11) is -3.76. The first kappa shape index (κ1) is 28.8. The SMILES string of the molecule is CCC(=O)[C@H](C)[C@@H](O[Si](C)(C)C(C)(C)C)/C(C)=C/[C@H](C)CO[Si](C)(C)C(C)(C)C. The molecule has 0 N–H and O–H groups in total. The monoisotopic (exact) mass is 442 g/mol. The number of Topliss-reactive ketones (excluding diaryl/α,β-unsaturated/α-hetero) is 1. The highest BCUT2D eigenvalue weighted by atomic mass is 28.4. The number of carbonyl (C=O) groups excluding carboxylic acids is 1. The van der Waals surface area contributed by atoms with E-state index in [2.05, 4.69) is 87.7 Å². The van der Waals surface area contributed by atoms with Crippen LogP contribution in [0.4, 0.5) is 0 Å². The molecule has 0 amide bonds. The standard InChI is InChI=1S/C24H50O3Si2/c1-15-21(25)20(4)22(27-29(13,14)24(8,9)10)19(3)16-18(2)17-26-28(11,12)23(5,6)7/h16,18,20,22H,15,17H2,1-14H3/b19-16+/t18-,20-,22-/m0/s1. The maximum atomic E-state index is 12.5. The summed E-state index contributed by atoms with van der Waals surface area (Å²) < 4.78 is 13.2. The van der Waals surface area contributed by atoms with Crippen molar-refractivity contribution in [3.05, 3.63) is 11.6 Å². The summed E-state index contributed by atoms with van der Waals surface area (Å²) in [6, 6.07) is 0. The van der Waals surface area contributed by atoms with Gasteiger partial charge >= 0.3 is 0 Å². The molecule has 0 aromatic rings. The van der Waals surface area contributed by atoms with Crippen molar-refractivity contribution in [2.24, 2.45) is 11.8 Å². The van der Waals surface area contributed by atoms with Crippen LogP contribution in [0.5, 0.6) is 0 Å². The number of ketones is 1. The lowest BCUT2D eigenvalue weighted by Gasteiger charge is -2.41. The Hall–Kier alpha value is -0.236. The molecule has 0 aromatic carbocycles. The van der Waals surface area contributed by atoms with E-state index in [4.69, 9.17) is 8.85 Å². The Morgan fingerprint density at radius 1 is 0.931 bits per heavy atom. The van der Waals surface area contributed by atoms with E-state index in [9.17, 15) is 4.79 Å². The zero-order chi connectivity index (χ0) is 23.4. The molecule has 0 aliphatic heterocycles. The summed E-state index contributed by atoms with van der Waals surface area (Å²) in [6.45, 7) is 31.7. The molecule has 0 heterocycles. The highest BCUT2D eigenvalue weighted by Crippen LogP contribution is 2.40. The number of hydrogen-bond donors (Lipinski definition) is 0. The fourth-order valence-corrected chi connectivity index (χ4v) is 5.21. The average molecular weight is 443 g/mol. The zero-order valence-electron chi connectivity index (χ0n) is 21.9. The van der Waals surface area contributed by atoms with Gasteiger partial charge in [-0.25, -0.2) is 0 Å². The van der Waals surface area contributed by atoms with Crippen LogP contribution in [-0.2, 0) is 13.6 Å². The van der Waals surface area contributed by atoms with Crippen LogP contribution in [0.2, 0.25) is 36.3 Å². The molecule has 0 bridgehead atoms. The molecule has 0 fully saturated rings. The molecule has 0 aliphatic rings. The first-order chi connectivity index (χ1) is 12.8. The minimum absolute atomic E-state index is 0.109. The molecule has 5 heteroatoms. The van der Waals surface area contributed by atoms with Gasteiger partial charge in [-0.05, 0) is 54.7 Å². The molecule has 0 unspecified atom stereocenters. The van der Waals surface area contributed by atoms with Crippen LogP contribution in [0.15, 0.2) is 11.6 Å². The normalized spacial score (nSPS) is 17.8. The lowest BCUT2D eigenvalue weighted by atomic mass is 9.91. The van der Waals surface area contributed by atoms with Crippen molar-refractivity contribution < 1.29 is 13.6 Å². The predicted octanol–water partition coefficient (Wildman–Crippen LogP) is 7.60. The van der Waals surface area contributed by atoms with E-state index < -0.39 is 16.6 Å². The second-order valence-electron chi connectivity index (χ2n) is 11.9. The van der Waals surface area contributed by atoms with Gasteiger partial charge in [-0.15, -0.1) is 0 Å². The van der Waals surface area contributed by atoms with E-state index in [0.29, 0.717) is 12.3 Å². The van der Waals surface area contributed by atoms with E-state index in [1.54, 1.807) is 0 Å². The molecule has 0 saturated carbocycles. The van der Waals surface area contributed by atoms with Gasteiger partial charge in [-0.3, -0.25) is 4.79 Å². The molecule has 0 aromatic heterocycles. The van der Waals surface area contributed by atoms with Crippen molar-refractivity contribution in [1.29, 1.82) is 0 Å². The van der Waals surface area contributed by atoms with Crippen LogP contribution < -0.4 is 0 Å². The van der Waals surface area contributed by atoms with Gasteiger partial charge in [0.2, 0.25) is 0 Å². The fraction of sp³-hybridized carbons (Fsp3) is 0.875. The molecule has 3 atom stereocenters. The van der Waals surface area contributed by atoms with E-state index in [1.807, 2.05) is 13.8 Å². The summed E-state index contributed by atoms with van der Waals surface area (Å²) in [5, 5.41) is 0.319. The zero-order valence-corrected chi connectivity index (χ0v) is 23.9.